The maximum Gasteiger partial charge on any atom is 0.328 e. The van der Waals surface area contributed by atoms with Crippen molar-refractivity contribution in [1.82, 2.24) is 5.32 Å². The van der Waals surface area contributed by atoms with Crippen molar-refractivity contribution in [2.75, 3.05) is 6.61 Å². The highest BCUT2D eigenvalue weighted by Crippen LogP contribution is 2.23. The lowest BCUT2D eigenvalue weighted by atomic mass is 10.0. The summed E-state index contributed by atoms with van der Waals surface area (Å²) in [5.74, 6) is -5.40. The lowest BCUT2D eigenvalue weighted by molar-refractivity contribution is -0.150. The number of amides is 1. The summed E-state index contributed by atoms with van der Waals surface area (Å²) in [7, 11) is 0. The second-order valence-electron chi connectivity index (χ2n) is 5.91. The van der Waals surface area contributed by atoms with Crippen LogP contribution < -0.4 is 5.32 Å². The third kappa shape index (κ3) is 6.71. The molecule has 0 saturated carbocycles. The van der Waals surface area contributed by atoms with E-state index in [-0.39, 0.29) is 13.0 Å². The minimum atomic E-state index is -3.41. The number of rotatable bonds is 11. The molecule has 1 aliphatic heterocycles. The number of hydrogen-bond donors (Lipinski definition) is 1. The smallest absolute Gasteiger partial charge is 0.328 e. The highest BCUT2D eigenvalue weighted by atomic mass is 19.3. The summed E-state index contributed by atoms with van der Waals surface area (Å²) in [6.07, 6.45) is 7.58. The largest absolute Gasteiger partial charge is 0.464 e. The first-order valence-corrected chi connectivity index (χ1v) is 8.33. The van der Waals surface area contributed by atoms with Gasteiger partial charge in [0.2, 0.25) is 0 Å². The van der Waals surface area contributed by atoms with E-state index >= 15 is 0 Å². The Hall–Kier alpha value is -1.20. The number of ether oxygens (including phenoxy) is 1. The number of nitrogens with one attached hydrogen (secondary N) is 1. The number of alkyl halides is 2. The molecule has 0 bridgehead atoms. The van der Waals surface area contributed by atoms with Crippen LogP contribution in [0.5, 0.6) is 0 Å². The molecule has 0 aromatic carbocycles. The third-order valence-corrected chi connectivity index (χ3v) is 3.92. The SMILES string of the molecule is CCCCCCCCCCC(F)(F)C(=O)NC1CCOC1=O. The van der Waals surface area contributed by atoms with Gasteiger partial charge in [-0.05, 0) is 6.42 Å². The normalized spacial score (nSPS) is 18.3. The van der Waals surface area contributed by atoms with Crippen LogP contribution in [-0.2, 0) is 14.3 Å². The van der Waals surface area contributed by atoms with Gasteiger partial charge in [-0.15, -0.1) is 0 Å². The van der Waals surface area contributed by atoms with Crippen LogP contribution in [0.15, 0.2) is 0 Å². The lowest BCUT2D eigenvalue weighted by Crippen LogP contribution is -2.46. The zero-order chi connectivity index (χ0) is 16.4. The summed E-state index contributed by atoms with van der Waals surface area (Å²) in [4.78, 5) is 22.7. The molecule has 0 radical (unpaired) electrons. The van der Waals surface area contributed by atoms with Crippen LogP contribution >= 0.6 is 0 Å². The number of esters is 1. The number of carbonyl (C=O) groups excluding carboxylic acids is 2. The predicted molar refractivity (Wildman–Crippen MR) is 79.7 cm³/mol. The maximum atomic E-state index is 13.7. The summed E-state index contributed by atoms with van der Waals surface area (Å²) in [6, 6.07) is -0.919. The van der Waals surface area contributed by atoms with Gasteiger partial charge >= 0.3 is 11.9 Å². The van der Waals surface area contributed by atoms with Gasteiger partial charge in [0.1, 0.15) is 6.04 Å². The van der Waals surface area contributed by atoms with Crippen molar-refractivity contribution in [2.24, 2.45) is 0 Å². The average Bonchev–Trinajstić information content (AvgIpc) is 2.87. The first kappa shape index (κ1) is 18.8. The summed E-state index contributed by atoms with van der Waals surface area (Å²) in [5.41, 5.74) is 0. The molecule has 1 heterocycles. The molecule has 0 spiro atoms. The van der Waals surface area contributed by atoms with Gasteiger partial charge in [-0.1, -0.05) is 51.9 Å². The van der Waals surface area contributed by atoms with Gasteiger partial charge < -0.3 is 10.1 Å². The number of hydrogen-bond acceptors (Lipinski definition) is 3. The topological polar surface area (TPSA) is 55.4 Å². The lowest BCUT2D eigenvalue weighted by Gasteiger charge is -2.17. The highest BCUT2D eigenvalue weighted by molar-refractivity contribution is 5.89. The first-order chi connectivity index (χ1) is 10.5. The van der Waals surface area contributed by atoms with Crippen molar-refractivity contribution < 1.29 is 23.1 Å². The van der Waals surface area contributed by atoms with Gasteiger partial charge in [0.15, 0.2) is 0 Å². The van der Waals surface area contributed by atoms with E-state index in [1.54, 1.807) is 0 Å². The zero-order valence-electron chi connectivity index (χ0n) is 13.3. The fourth-order valence-corrected chi connectivity index (χ4v) is 2.49. The second-order valence-corrected chi connectivity index (χ2v) is 5.91. The van der Waals surface area contributed by atoms with Crippen molar-refractivity contribution in [2.45, 2.75) is 83.1 Å². The Balaban J connectivity index is 2.14. The third-order valence-electron chi connectivity index (χ3n) is 3.92. The van der Waals surface area contributed by atoms with Gasteiger partial charge in [0, 0.05) is 12.8 Å². The number of halogens is 2. The molecule has 1 unspecified atom stereocenters. The average molecular weight is 319 g/mol. The Morgan fingerprint density at radius 2 is 1.77 bits per heavy atom. The number of unbranched alkanes of at least 4 members (excludes halogenated alkanes) is 7. The molecule has 1 rings (SSSR count). The van der Waals surface area contributed by atoms with Crippen molar-refractivity contribution in [1.29, 1.82) is 0 Å². The van der Waals surface area contributed by atoms with E-state index in [1.807, 2.05) is 0 Å². The molecule has 0 aromatic rings. The maximum absolute atomic E-state index is 13.7. The molecule has 1 saturated heterocycles. The fraction of sp³-hybridized carbons (Fsp3) is 0.875. The van der Waals surface area contributed by atoms with Gasteiger partial charge in [0.05, 0.1) is 6.61 Å². The van der Waals surface area contributed by atoms with Crippen molar-refractivity contribution in [3.05, 3.63) is 0 Å². The van der Waals surface area contributed by atoms with E-state index in [4.69, 9.17) is 0 Å². The van der Waals surface area contributed by atoms with Crippen LogP contribution in [0.1, 0.15) is 71.1 Å². The Morgan fingerprint density at radius 1 is 1.18 bits per heavy atom. The van der Waals surface area contributed by atoms with Gasteiger partial charge in [-0.25, -0.2) is 4.79 Å². The molecule has 128 valence electrons. The summed E-state index contributed by atoms with van der Waals surface area (Å²) in [6.45, 7) is 2.33. The zero-order valence-corrected chi connectivity index (χ0v) is 13.3. The summed E-state index contributed by atoms with van der Waals surface area (Å²) in [5, 5.41) is 2.08. The quantitative estimate of drug-likeness (QED) is 0.468. The van der Waals surface area contributed by atoms with E-state index in [2.05, 4.69) is 17.0 Å². The van der Waals surface area contributed by atoms with Gasteiger partial charge in [0.25, 0.3) is 5.91 Å². The van der Waals surface area contributed by atoms with Gasteiger partial charge in [-0.2, -0.15) is 8.78 Å². The van der Waals surface area contributed by atoms with Crippen LogP contribution in [0.25, 0.3) is 0 Å². The van der Waals surface area contributed by atoms with Crippen molar-refractivity contribution in [3.63, 3.8) is 0 Å². The number of carbonyl (C=O) groups is 2. The predicted octanol–water partition coefficient (Wildman–Crippen LogP) is 3.58. The van der Waals surface area contributed by atoms with E-state index < -0.39 is 30.3 Å². The van der Waals surface area contributed by atoms with E-state index in [0.29, 0.717) is 12.8 Å². The standard InChI is InChI=1S/C16H27F2NO3/c1-2-3-4-5-6-7-8-9-11-16(17,18)15(21)19-13-10-12-22-14(13)20/h13H,2-12H2,1H3,(H,19,21). The van der Waals surface area contributed by atoms with E-state index in [0.717, 1.165) is 19.3 Å². The van der Waals surface area contributed by atoms with Gasteiger partial charge in [-0.3, -0.25) is 4.79 Å². The van der Waals surface area contributed by atoms with E-state index in [1.165, 1.54) is 19.3 Å². The molecule has 6 heteroatoms. The molecule has 4 nitrogen and oxygen atoms in total. The van der Waals surface area contributed by atoms with E-state index in [9.17, 15) is 18.4 Å². The molecular formula is C16H27F2NO3. The van der Waals surface area contributed by atoms with Crippen LogP contribution in [0.2, 0.25) is 0 Å². The minimum absolute atomic E-state index is 0.174. The first-order valence-electron chi connectivity index (χ1n) is 8.33. The van der Waals surface area contributed by atoms with Crippen LogP contribution in [0.3, 0.4) is 0 Å². The van der Waals surface area contributed by atoms with Crippen molar-refractivity contribution >= 4 is 11.9 Å². The minimum Gasteiger partial charge on any atom is -0.464 e. The molecule has 1 atom stereocenters. The second kappa shape index (κ2) is 9.74. The molecule has 1 fully saturated rings. The van der Waals surface area contributed by atoms with Crippen molar-refractivity contribution in [3.8, 4) is 0 Å². The molecule has 1 amide bonds. The Bertz CT molecular complexity index is 361. The molecule has 0 aromatic heterocycles. The van der Waals surface area contributed by atoms with Crippen LogP contribution in [0, 0.1) is 0 Å². The molecule has 1 aliphatic rings. The summed E-state index contributed by atoms with van der Waals surface area (Å²) >= 11 is 0. The Morgan fingerprint density at radius 3 is 2.32 bits per heavy atom. The molecule has 1 N–H and O–H groups in total. The Kier molecular flexibility index (Phi) is 8.35. The van der Waals surface area contributed by atoms with Crippen LogP contribution in [-0.4, -0.2) is 30.4 Å². The Labute approximate surface area is 131 Å². The molecular weight excluding hydrogens is 292 g/mol. The monoisotopic (exact) mass is 319 g/mol. The number of cyclic esters (lactones) is 1. The highest BCUT2D eigenvalue weighted by Gasteiger charge is 2.41. The summed E-state index contributed by atoms with van der Waals surface area (Å²) < 4.78 is 32.1. The molecule has 22 heavy (non-hydrogen) atoms. The molecule has 0 aliphatic carbocycles. The fourth-order valence-electron chi connectivity index (χ4n) is 2.49. The van der Waals surface area contributed by atoms with Crippen LogP contribution in [0.4, 0.5) is 8.78 Å².